The number of rotatable bonds is 6. The van der Waals surface area contributed by atoms with Gasteiger partial charge in [-0.25, -0.2) is 0 Å². The van der Waals surface area contributed by atoms with Crippen molar-refractivity contribution >= 4 is 0 Å². The van der Waals surface area contributed by atoms with Crippen LogP contribution in [-0.4, -0.2) is 37.3 Å². The highest BCUT2D eigenvalue weighted by molar-refractivity contribution is 4.67. The average Bonchev–Trinajstić information content (AvgIpc) is 2.14. The molecular formula is C10H20NO+. The van der Waals surface area contributed by atoms with Gasteiger partial charge in [0.1, 0.15) is 19.3 Å². The van der Waals surface area contributed by atoms with Crippen molar-refractivity contribution in [3.63, 3.8) is 0 Å². The molecular weight excluding hydrogens is 150 g/mol. The van der Waals surface area contributed by atoms with Gasteiger partial charge in [0, 0.05) is 0 Å². The third-order valence-electron chi connectivity index (χ3n) is 2.76. The van der Waals surface area contributed by atoms with E-state index in [1.807, 2.05) is 0 Å². The van der Waals surface area contributed by atoms with Crippen molar-refractivity contribution in [2.75, 3.05) is 32.8 Å². The molecule has 2 nitrogen and oxygen atoms in total. The van der Waals surface area contributed by atoms with Crippen molar-refractivity contribution in [3.8, 4) is 12.5 Å². The predicted molar refractivity (Wildman–Crippen MR) is 51.5 cm³/mol. The highest BCUT2D eigenvalue weighted by atomic mass is 16.5. The fraction of sp³-hybridized carbons (Fsp3) is 0.800. The molecule has 0 rings (SSSR count). The van der Waals surface area contributed by atoms with Crippen LogP contribution in [0.2, 0.25) is 0 Å². The SMILES string of the molecule is C#COCC[N+](CC)(CC)CC. The van der Waals surface area contributed by atoms with Gasteiger partial charge >= 0.3 is 0 Å². The number of hydrogen-bond donors (Lipinski definition) is 0. The van der Waals surface area contributed by atoms with Crippen LogP contribution in [0.4, 0.5) is 0 Å². The molecule has 0 N–H and O–H groups in total. The van der Waals surface area contributed by atoms with Gasteiger partial charge in [-0.15, -0.1) is 0 Å². The van der Waals surface area contributed by atoms with Gasteiger partial charge in [-0.3, -0.25) is 0 Å². The van der Waals surface area contributed by atoms with Gasteiger partial charge in [0.2, 0.25) is 0 Å². The van der Waals surface area contributed by atoms with Gasteiger partial charge in [-0.2, -0.15) is 0 Å². The molecule has 0 aliphatic heterocycles. The van der Waals surface area contributed by atoms with Gasteiger partial charge < -0.3 is 9.22 Å². The molecule has 0 aliphatic rings. The van der Waals surface area contributed by atoms with E-state index in [9.17, 15) is 0 Å². The van der Waals surface area contributed by atoms with E-state index in [1.54, 1.807) is 0 Å². The zero-order valence-corrected chi connectivity index (χ0v) is 8.47. The lowest BCUT2D eigenvalue weighted by Gasteiger charge is -2.35. The molecule has 0 amide bonds. The molecule has 0 saturated carbocycles. The quantitative estimate of drug-likeness (QED) is 0.333. The summed E-state index contributed by atoms with van der Waals surface area (Å²) in [6.45, 7) is 11.8. The monoisotopic (exact) mass is 170 g/mol. The molecule has 0 spiro atoms. The fourth-order valence-corrected chi connectivity index (χ4v) is 1.44. The molecule has 0 atom stereocenters. The molecule has 0 aromatic heterocycles. The maximum atomic E-state index is 5.00. The van der Waals surface area contributed by atoms with E-state index < -0.39 is 0 Å². The first-order valence-corrected chi connectivity index (χ1v) is 4.67. The summed E-state index contributed by atoms with van der Waals surface area (Å²) in [5.74, 6) is 0. The molecule has 0 aromatic carbocycles. The topological polar surface area (TPSA) is 9.23 Å². The molecule has 0 aromatic rings. The van der Waals surface area contributed by atoms with Crippen molar-refractivity contribution in [2.45, 2.75) is 20.8 Å². The van der Waals surface area contributed by atoms with Crippen molar-refractivity contribution in [3.05, 3.63) is 0 Å². The average molecular weight is 170 g/mol. The molecule has 70 valence electrons. The third-order valence-corrected chi connectivity index (χ3v) is 2.76. The Morgan fingerprint density at radius 1 is 1.17 bits per heavy atom. The molecule has 0 fully saturated rings. The molecule has 2 heteroatoms. The second-order valence-corrected chi connectivity index (χ2v) is 2.98. The van der Waals surface area contributed by atoms with E-state index >= 15 is 0 Å². The maximum Gasteiger partial charge on any atom is 0.149 e. The first-order chi connectivity index (χ1) is 5.74. The summed E-state index contributed by atoms with van der Waals surface area (Å²) < 4.78 is 6.01. The molecule has 12 heavy (non-hydrogen) atoms. The largest absolute Gasteiger partial charge is 0.441 e. The Hall–Kier alpha value is -0.680. The van der Waals surface area contributed by atoms with Crippen LogP contribution in [0.3, 0.4) is 0 Å². The van der Waals surface area contributed by atoms with E-state index in [0.29, 0.717) is 6.61 Å². The molecule has 0 saturated heterocycles. The van der Waals surface area contributed by atoms with Crippen LogP contribution in [-0.2, 0) is 4.74 Å². The Labute approximate surface area is 76.1 Å². The Balaban J connectivity index is 3.86. The number of terminal acetylenes is 1. The summed E-state index contributed by atoms with van der Waals surface area (Å²) in [6.07, 6.45) is 7.21. The summed E-state index contributed by atoms with van der Waals surface area (Å²) in [4.78, 5) is 0. The van der Waals surface area contributed by atoms with Gasteiger partial charge in [0.05, 0.1) is 19.6 Å². The summed E-state index contributed by atoms with van der Waals surface area (Å²) in [5.41, 5.74) is 0. The second kappa shape index (κ2) is 5.91. The first-order valence-electron chi connectivity index (χ1n) is 4.67. The van der Waals surface area contributed by atoms with Crippen LogP contribution in [0.25, 0.3) is 0 Å². The summed E-state index contributed by atoms with van der Waals surface area (Å²) in [5, 5.41) is 0. The number of nitrogens with zero attached hydrogens (tertiary/aromatic N) is 1. The Morgan fingerprint density at radius 3 is 2.00 bits per heavy atom. The standard InChI is InChI=1S/C10H20NO/c1-5-11(6-2,7-3)9-10-12-8-4/h4H,5-7,9-10H2,1-3H3/q+1. The third kappa shape index (κ3) is 3.15. The summed E-state index contributed by atoms with van der Waals surface area (Å²) in [7, 11) is 0. The zero-order chi connectivity index (χ0) is 9.45. The van der Waals surface area contributed by atoms with E-state index in [0.717, 1.165) is 30.7 Å². The van der Waals surface area contributed by atoms with Crippen LogP contribution in [0.1, 0.15) is 20.8 Å². The van der Waals surface area contributed by atoms with Crippen molar-refractivity contribution in [1.29, 1.82) is 0 Å². The van der Waals surface area contributed by atoms with Crippen LogP contribution >= 0.6 is 0 Å². The van der Waals surface area contributed by atoms with Crippen LogP contribution < -0.4 is 0 Å². The normalized spacial score (nSPS) is 10.8. The van der Waals surface area contributed by atoms with Crippen molar-refractivity contribution in [1.82, 2.24) is 0 Å². The van der Waals surface area contributed by atoms with Crippen LogP contribution in [0, 0.1) is 12.5 Å². The van der Waals surface area contributed by atoms with Gasteiger partial charge in [-0.05, 0) is 20.8 Å². The lowest BCUT2D eigenvalue weighted by molar-refractivity contribution is -0.923. The lowest BCUT2D eigenvalue weighted by atomic mass is 10.3. The first kappa shape index (κ1) is 11.3. The molecule has 0 unspecified atom stereocenters. The lowest BCUT2D eigenvalue weighted by Crippen LogP contribution is -2.49. The van der Waals surface area contributed by atoms with Crippen molar-refractivity contribution < 1.29 is 9.22 Å². The van der Waals surface area contributed by atoms with E-state index in [1.165, 1.54) is 0 Å². The minimum Gasteiger partial charge on any atom is -0.441 e. The van der Waals surface area contributed by atoms with E-state index in [2.05, 4.69) is 26.9 Å². The predicted octanol–water partition coefficient (Wildman–Crippen LogP) is 1.47. The van der Waals surface area contributed by atoms with Crippen molar-refractivity contribution in [2.24, 2.45) is 0 Å². The minimum absolute atomic E-state index is 0.673. The summed E-state index contributed by atoms with van der Waals surface area (Å²) in [6, 6.07) is 0. The molecule has 0 aliphatic carbocycles. The van der Waals surface area contributed by atoms with E-state index in [-0.39, 0.29) is 0 Å². The van der Waals surface area contributed by atoms with Gasteiger partial charge in [0.25, 0.3) is 0 Å². The summed E-state index contributed by atoms with van der Waals surface area (Å²) >= 11 is 0. The molecule has 0 bridgehead atoms. The Morgan fingerprint density at radius 2 is 1.67 bits per heavy atom. The number of quaternary nitrogens is 1. The zero-order valence-electron chi connectivity index (χ0n) is 8.47. The number of ether oxygens (including phenoxy) is 1. The van der Waals surface area contributed by atoms with Crippen LogP contribution in [0.15, 0.2) is 0 Å². The van der Waals surface area contributed by atoms with E-state index in [4.69, 9.17) is 11.2 Å². The fourth-order valence-electron chi connectivity index (χ4n) is 1.44. The highest BCUT2D eigenvalue weighted by Gasteiger charge is 2.19. The molecule has 0 heterocycles. The van der Waals surface area contributed by atoms with Crippen LogP contribution in [0.5, 0.6) is 0 Å². The van der Waals surface area contributed by atoms with Gasteiger partial charge in [-0.1, -0.05) is 6.42 Å². The Kier molecular flexibility index (Phi) is 5.57. The minimum atomic E-state index is 0.673. The highest BCUT2D eigenvalue weighted by Crippen LogP contribution is 2.04. The maximum absolute atomic E-state index is 5.00. The number of hydrogen-bond acceptors (Lipinski definition) is 1. The number of likely N-dealkylation sites (N-methyl/N-ethyl adjacent to an activating group) is 1. The second-order valence-electron chi connectivity index (χ2n) is 2.98. The molecule has 0 radical (unpaired) electrons. The smallest absolute Gasteiger partial charge is 0.149 e. The Bertz CT molecular complexity index is 136. The van der Waals surface area contributed by atoms with Gasteiger partial charge in [0.15, 0.2) is 0 Å².